The van der Waals surface area contributed by atoms with Gasteiger partial charge in [-0.15, -0.1) is 0 Å². The van der Waals surface area contributed by atoms with Gasteiger partial charge in [-0.1, -0.05) is 18.2 Å². The maximum atomic E-state index is 12.7. The molecule has 0 bridgehead atoms. The predicted molar refractivity (Wildman–Crippen MR) is 97.8 cm³/mol. The van der Waals surface area contributed by atoms with E-state index in [9.17, 15) is 4.79 Å². The SMILES string of the molecule is CCOCCOC(C(=O)Nc1ccccc1)=C(C=N)N1CCNCC1. The quantitative estimate of drug-likeness (QED) is 0.273. The van der Waals surface area contributed by atoms with Crippen molar-refractivity contribution in [3.05, 3.63) is 41.8 Å². The lowest BCUT2D eigenvalue weighted by molar-refractivity contribution is -0.116. The summed E-state index contributed by atoms with van der Waals surface area (Å²) in [4.78, 5) is 14.7. The molecule has 1 aromatic rings. The molecule has 7 nitrogen and oxygen atoms in total. The second kappa shape index (κ2) is 10.5. The average molecular weight is 346 g/mol. The molecular weight excluding hydrogens is 320 g/mol. The Morgan fingerprint density at radius 1 is 1.28 bits per heavy atom. The number of nitrogens with zero attached hydrogens (tertiary/aromatic N) is 1. The average Bonchev–Trinajstić information content (AvgIpc) is 2.66. The van der Waals surface area contributed by atoms with Crippen molar-refractivity contribution in [3.8, 4) is 0 Å². The van der Waals surface area contributed by atoms with Crippen molar-refractivity contribution in [2.45, 2.75) is 6.92 Å². The molecule has 0 spiro atoms. The lowest BCUT2D eigenvalue weighted by atomic mass is 10.2. The minimum absolute atomic E-state index is 0.153. The molecule has 1 amide bonds. The fourth-order valence-electron chi connectivity index (χ4n) is 2.52. The minimum Gasteiger partial charge on any atom is -0.484 e. The first kappa shape index (κ1) is 19.0. The number of rotatable bonds is 9. The molecule has 0 unspecified atom stereocenters. The molecule has 7 heteroatoms. The molecule has 1 heterocycles. The Morgan fingerprint density at radius 2 is 2.00 bits per heavy atom. The standard InChI is InChI=1S/C18H26N4O3/c1-2-24-12-13-25-17(16(14-19)22-10-8-20-9-11-22)18(23)21-15-6-4-3-5-7-15/h3-7,14,19-20H,2,8-13H2,1H3,(H,21,23). The Morgan fingerprint density at radius 3 is 2.64 bits per heavy atom. The highest BCUT2D eigenvalue weighted by Gasteiger charge is 2.22. The Hall–Kier alpha value is -2.38. The maximum Gasteiger partial charge on any atom is 0.293 e. The largest absolute Gasteiger partial charge is 0.484 e. The van der Waals surface area contributed by atoms with Gasteiger partial charge in [-0.25, -0.2) is 0 Å². The maximum absolute atomic E-state index is 12.7. The lowest BCUT2D eigenvalue weighted by Crippen LogP contribution is -2.44. The van der Waals surface area contributed by atoms with Crippen LogP contribution in [0.15, 0.2) is 41.8 Å². The zero-order valence-corrected chi connectivity index (χ0v) is 14.6. The van der Waals surface area contributed by atoms with Crippen molar-refractivity contribution in [2.75, 3.05) is 51.3 Å². The normalized spacial score (nSPS) is 15.3. The Balaban J connectivity index is 2.18. The first-order valence-corrected chi connectivity index (χ1v) is 8.53. The molecule has 1 aromatic carbocycles. The number of hydrogen-bond donors (Lipinski definition) is 3. The topological polar surface area (TPSA) is 86.7 Å². The summed E-state index contributed by atoms with van der Waals surface area (Å²) in [6.45, 7) is 6.22. The Labute approximate surface area is 148 Å². The number of anilines is 1. The number of piperazine rings is 1. The predicted octanol–water partition coefficient (Wildman–Crippen LogP) is 1.44. The van der Waals surface area contributed by atoms with Crippen LogP contribution in [0.2, 0.25) is 0 Å². The molecule has 0 atom stereocenters. The summed E-state index contributed by atoms with van der Waals surface area (Å²) in [7, 11) is 0. The number of amides is 1. The van der Waals surface area contributed by atoms with Crippen LogP contribution in [0.5, 0.6) is 0 Å². The highest BCUT2D eigenvalue weighted by molar-refractivity contribution is 6.05. The van der Waals surface area contributed by atoms with Gasteiger partial charge in [-0.05, 0) is 19.1 Å². The molecule has 25 heavy (non-hydrogen) atoms. The van der Waals surface area contributed by atoms with E-state index in [0.717, 1.165) is 26.2 Å². The summed E-state index contributed by atoms with van der Waals surface area (Å²) in [5.41, 5.74) is 1.18. The zero-order chi connectivity index (χ0) is 17.9. The number of ether oxygens (including phenoxy) is 2. The molecule has 1 saturated heterocycles. The molecule has 2 rings (SSSR count). The number of nitrogens with one attached hydrogen (secondary N) is 3. The summed E-state index contributed by atoms with van der Waals surface area (Å²) in [6.07, 6.45) is 1.19. The van der Waals surface area contributed by atoms with Crippen LogP contribution in [-0.2, 0) is 14.3 Å². The number of hydrogen-bond acceptors (Lipinski definition) is 6. The van der Waals surface area contributed by atoms with Crippen molar-refractivity contribution in [2.24, 2.45) is 0 Å². The smallest absolute Gasteiger partial charge is 0.293 e. The van der Waals surface area contributed by atoms with Crippen molar-refractivity contribution in [3.63, 3.8) is 0 Å². The Kier molecular flexibility index (Phi) is 7.94. The molecular formula is C18H26N4O3. The number of para-hydroxylation sites is 1. The second-order valence-corrected chi connectivity index (χ2v) is 5.46. The van der Waals surface area contributed by atoms with Crippen LogP contribution in [-0.4, -0.2) is 63.0 Å². The van der Waals surface area contributed by atoms with Gasteiger partial charge in [0.2, 0.25) is 5.76 Å². The first-order chi connectivity index (χ1) is 12.3. The van der Waals surface area contributed by atoms with E-state index in [1.54, 1.807) is 0 Å². The van der Waals surface area contributed by atoms with Gasteiger partial charge in [0.15, 0.2) is 0 Å². The third-order valence-electron chi connectivity index (χ3n) is 3.74. The zero-order valence-electron chi connectivity index (χ0n) is 14.6. The lowest BCUT2D eigenvalue weighted by Gasteiger charge is -2.31. The van der Waals surface area contributed by atoms with Gasteiger partial charge in [0.25, 0.3) is 5.91 Å². The molecule has 1 aliphatic rings. The van der Waals surface area contributed by atoms with Gasteiger partial charge in [0.05, 0.1) is 6.61 Å². The van der Waals surface area contributed by atoms with Crippen molar-refractivity contribution < 1.29 is 14.3 Å². The third kappa shape index (κ3) is 5.88. The fourth-order valence-corrected chi connectivity index (χ4v) is 2.52. The van der Waals surface area contributed by atoms with Crippen LogP contribution in [0.1, 0.15) is 6.92 Å². The molecule has 0 aromatic heterocycles. The number of carbonyl (C=O) groups excluding carboxylic acids is 1. The molecule has 1 fully saturated rings. The third-order valence-corrected chi connectivity index (χ3v) is 3.74. The minimum atomic E-state index is -0.361. The monoisotopic (exact) mass is 346 g/mol. The van der Waals surface area contributed by atoms with E-state index in [4.69, 9.17) is 14.9 Å². The summed E-state index contributed by atoms with van der Waals surface area (Å²) in [6, 6.07) is 9.20. The first-order valence-electron chi connectivity index (χ1n) is 8.53. The van der Waals surface area contributed by atoms with Crippen molar-refractivity contribution in [1.82, 2.24) is 10.2 Å². The van der Waals surface area contributed by atoms with Crippen LogP contribution in [0.4, 0.5) is 5.69 Å². The molecule has 1 aliphatic heterocycles. The highest BCUT2D eigenvalue weighted by atomic mass is 16.5. The molecule has 0 radical (unpaired) electrons. The van der Waals surface area contributed by atoms with Gasteiger partial charge in [0, 0.05) is 44.7 Å². The van der Waals surface area contributed by atoms with Crippen molar-refractivity contribution in [1.29, 1.82) is 5.41 Å². The fraction of sp³-hybridized carbons (Fsp3) is 0.444. The van der Waals surface area contributed by atoms with E-state index in [0.29, 0.717) is 24.6 Å². The van der Waals surface area contributed by atoms with Gasteiger partial charge < -0.3 is 30.4 Å². The van der Waals surface area contributed by atoms with Crippen LogP contribution in [0, 0.1) is 5.41 Å². The second-order valence-electron chi connectivity index (χ2n) is 5.46. The van der Waals surface area contributed by atoms with E-state index in [1.165, 1.54) is 6.21 Å². The van der Waals surface area contributed by atoms with Gasteiger partial charge >= 0.3 is 0 Å². The Bertz CT molecular complexity index is 583. The highest BCUT2D eigenvalue weighted by Crippen LogP contribution is 2.15. The molecule has 3 N–H and O–H groups in total. The summed E-state index contributed by atoms with van der Waals surface area (Å²) < 4.78 is 11.0. The summed E-state index contributed by atoms with van der Waals surface area (Å²) >= 11 is 0. The molecule has 0 saturated carbocycles. The van der Waals surface area contributed by atoms with E-state index >= 15 is 0 Å². The number of allylic oxidation sites excluding steroid dienone is 1. The van der Waals surface area contributed by atoms with E-state index in [1.807, 2.05) is 42.2 Å². The van der Waals surface area contributed by atoms with Gasteiger partial charge in [-0.3, -0.25) is 4.79 Å². The summed E-state index contributed by atoms with van der Waals surface area (Å²) in [5.74, 6) is -0.208. The van der Waals surface area contributed by atoms with E-state index < -0.39 is 0 Å². The van der Waals surface area contributed by atoms with Crippen molar-refractivity contribution >= 4 is 17.8 Å². The molecule has 0 aliphatic carbocycles. The van der Waals surface area contributed by atoms with Gasteiger partial charge in [0.1, 0.15) is 12.3 Å². The van der Waals surface area contributed by atoms with Crippen LogP contribution >= 0.6 is 0 Å². The van der Waals surface area contributed by atoms with Crippen LogP contribution in [0.25, 0.3) is 0 Å². The molecule has 136 valence electrons. The van der Waals surface area contributed by atoms with Crippen LogP contribution < -0.4 is 10.6 Å². The van der Waals surface area contributed by atoms with Gasteiger partial charge in [-0.2, -0.15) is 0 Å². The van der Waals surface area contributed by atoms with E-state index in [2.05, 4.69) is 10.6 Å². The van der Waals surface area contributed by atoms with E-state index in [-0.39, 0.29) is 18.3 Å². The number of carbonyl (C=O) groups is 1. The van der Waals surface area contributed by atoms with Crippen LogP contribution in [0.3, 0.4) is 0 Å². The summed E-state index contributed by atoms with van der Waals surface area (Å²) in [5, 5.41) is 13.9. The number of benzene rings is 1.